The molecule has 1 heterocycles. The Kier molecular flexibility index (Phi) is 3.83. The van der Waals surface area contributed by atoms with Crippen molar-refractivity contribution in [2.24, 2.45) is 11.3 Å². The van der Waals surface area contributed by atoms with Crippen LogP contribution in [0.2, 0.25) is 0 Å². The lowest BCUT2D eigenvalue weighted by atomic mass is 9.64. The monoisotopic (exact) mass is 266 g/mol. The Hall–Kier alpha value is -1.13. The first kappa shape index (κ1) is 14.3. The molecule has 0 aromatic heterocycles. The summed E-state index contributed by atoms with van der Waals surface area (Å²) in [6, 6.07) is 0. The van der Waals surface area contributed by atoms with Crippen LogP contribution in [0.4, 0.5) is 0 Å². The molecule has 19 heavy (non-hydrogen) atoms. The smallest absolute Gasteiger partial charge is 0.336 e. The van der Waals surface area contributed by atoms with E-state index in [0.29, 0.717) is 17.9 Å². The van der Waals surface area contributed by atoms with Crippen molar-refractivity contribution in [1.82, 2.24) is 0 Å². The second kappa shape index (κ2) is 5.10. The first-order valence-corrected chi connectivity index (χ1v) is 6.79. The summed E-state index contributed by atoms with van der Waals surface area (Å²) in [7, 11) is 0. The molecular formula is C15H22O4. The molecule has 0 aromatic rings. The lowest BCUT2D eigenvalue weighted by Crippen LogP contribution is -2.34. The number of aliphatic hydroxyl groups excluding tert-OH is 2. The first-order valence-electron chi connectivity index (χ1n) is 6.79. The molecule has 0 radical (unpaired) electrons. The van der Waals surface area contributed by atoms with Crippen molar-refractivity contribution in [3.05, 3.63) is 23.3 Å². The predicted molar refractivity (Wildman–Crippen MR) is 71.1 cm³/mol. The molecular weight excluding hydrogens is 244 g/mol. The summed E-state index contributed by atoms with van der Waals surface area (Å²) in [5.74, 6) is -0.0586. The van der Waals surface area contributed by atoms with Gasteiger partial charge in [-0.1, -0.05) is 25.5 Å². The molecule has 2 aliphatic rings. The molecule has 0 aromatic carbocycles. The summed E-state index contributed by atoms with van der Waals surface area (Å²) in [4.78, 5) is 11.5. The first-order chi connectivity index (χ1) is 8.83. The van der Waals surface area contributed by atoms with Gasteiger partial charge in [-0.05, 0) is 43.6 Å². The van der Waals surface area contributed by atoms with Gasteiger partial charge in [-0.15, -0.1) is 0 Å². The number of esters is 1. The van der Waals surface area contributed by atoms with Gasteiger partial charge in [0.2, 0.25) is 6.29 Å². The summed E-state index contributed by atoms with van der Waals surface area (Å²) in [5.41, 5.74) is 1.71. The highest BCUT2D eigenvalue weighted by Gasteiger charge is 2.38. The predicted octanol–water partition coefficient (Wildman–Crippen LogP) is 1.92. The van der Waals surface area contributed by atoms with E-state index in [4.69, 9.17) is 0 Å². The standard InChI is InChI=1S/C15H22O4/c1-9-6-12(16)7-10(2)15(9,3)5-4-11-8-13(17)19-14(11)18/h6,8,10,12-13,16-17H,4-5,7H2,1-3H3/t10-,12+,13?,15-/m1/s1. The maximum absolute atomic E-state index is 11.5. The highest BCUT2D eigenvalue weighted by atomic mass is 16.6. The molecule has 0 spiro atoms. The second-order valence-electron chi connectivity index (χ2n) is 5.96. The van der Waals surface area contributed by atoms with Gasteiger partial charge in [0.05, 0.1) is 6.10 Å². The maximum atomic E-state index is 11.5. The van der Waals surface area contributed by atoms with E-state index in [1.807, 2.05) is 13.0 Å². The van der Waals surface area contributed by atoms with E-state index in [9.17, 15) is 15.0 Å². The summed E-state index contributed by atoms with van der Waals surface area (Å²) in [6.07, 6.45) is 4.11. The van der Waals surface area contributed by atoms with Crippen LogP contribution in [-0.2, 0) is 9.53 Å². The third-order valence-corrected chi connectivity index (χ3v) is 4.77. The molecule has 1 aliphatic heterocycles. The van der Waals surface area contributed by atoms with Gasteiger partial charge in [0.1, 0.15) is 0 Å². The molecule has 0 fully saturated rings. The molecule has 4 nitrogen and oxygen atoms in total. The SMILES string of the molecule is CC1=C[C@H](O)C[C@@H](C)[C@]1(C)CCC1=CC(O)OC1=O. The Morgan fingerprint density at radius 1 is 1.42 bits per heavy atom. The fourth-order valence-electron chi connectivity index (χ4n) is 3.04. The molecule has 4 atom stereocenters. The van der Waals surface area contributed by atoms with Crippen LogP contribution in [0.25, 0.3) is 0 Å². The van der Waals surface area contributed by atoms with Gasteiger partial charge in [0.15, 0.2) is 0 Å². The van der Waals surface area contributed by atoms with E-state index < -0.39 is 12.3 Å². The van der Waals surface area contributed by atoms with Crippen molar-refractivity contribution < 1.29 is 19.7 Å². The highest BCUT2D eigenvalue weighted by Crippen LogP contribution is 2.46. The van der Waals surface area contributed by atoms with Crippen molar-refractivity contribution in [2.75, 3.05) is 0 Å². The lowest BCUT2D eigenvalue weighted by molar-refractivity contribution is -0.151. The van der Waals surface area contributed by atoms with Crippen LogP contribution in [0.5, 0.6) is 0 Å². The quantitative estimate of drug-likeness (QED) is 0.605. The van der Waals surface area contributed by atoms with Crippen LogP contribution in [0, 0.1) is 11.3 Å². The maximum Gasteiger partial charge on any atom is 0.336 e. The lowest BCUT2D eigenvalue weighted by Gasteiger charge is -2.41. The molecule has 1 aliphatic carbocycles. The van der Waals surface area contributed by atoms with Gasteiger partial charge in [-0.2, -0.15) is 0 Å². The Morgan fingerprint density at radius 3 is 2.63 bits per heavy atom. The minimum Gasteiger partial charge on any atom is -0.429 e. The summed E-state index contributed by atoms with van der Waals surface area (Å²) in [6.45, 7) is 6.34. The Morgan fingerprint density at radius 2 is 2.11 bits per heavy atom. The Bertz CT molecular complexity index is 437. The van der Waals surface area contributed by atoms with Crippen LogP contribution in [0.15, 0.2) is 23.3 Å². The van der Waals surface area contributed by atoms with Gasteiger partial charge in [-0.3, -0.25) is 0 Å². The van der Waals surface area contributed by atoms with E-state index in [0.717, 1.165) is 12.8 Å². The molecule has 106 valence electrons. The van der Waals surface area contributed by atoms with Crippen molar-refractivity contribution >= 4 is 5.97 Å². The number of carbonyl (C=O) groups is 1. The van der Waals surface area contributed by atoms with Gasteiger partial charge in [0, 0.05) is 5.57 Å². The van der Waals surface area contributed by atoms with Crippen molar-refractivity contribution in [2.45, 2.75) is 52.4 Å². The van der Waals surface area contributed by atoms with Gasteiger partial charge < -0.3 is 14.9 Å². The van der Waals surface area contributed by atoms with Gasteiger partial charge in [0.25, 0.3) is 0 Å². The number of ether oxygens (including phenoxy) is 1. The zero-order valence-corrected chi connectivity index (χ0v) is 11.7. The Balaban J connectivity index is 2.08. The number of cyclic esters (lactones) is 1. The molecule has 4 heteroatoms. The topological polar surface area (TPSA) is 66.8 Å². The van der Waals surface area contributed by atoms with Crippen LogP contribution in [-0.4, -0.2) is 28.6 Å². The van der Waals surface area contributed by atoms with E-state index >= 15 is 0 Å². The summed E-state index contributed by atoms with van der Waals surface area (Å²) >= 11 is 0. The number of hydrogen-bond donors (Lipinski definition) is 2. The van der Waals surface area contributed by atoms with Crippen LogP contribution in [0.1, 0.15) is 40.0 Å². The molecule has 0 amide bonds. The van der Waals surface area contributed by atoms with Crippen molar-refractivity contribution in [1.29, 1.82) is 0 Å². The van der Waals surface area contributed by atoms with Crippen LogP contribution >= 0.6 is 0 Å². The molecule has 2 N–H and O–H groups in total. The average Bonchev–Trinajstić information content (AvgIpc) is 2.62. The van der Waals surface area contributed by atoms with Gasteiger partial charge >= 0.3 is 5.97 Å². The molecule has 1 unspecified atom stereocenters. The number of aliphatic hydroxyl groups is 2. The fourth-order valence-corrected chi connectivity index (χ4v) is 3.04. The van der Waals surface area contributed by atoms with Crippen LogP contribution in [0.3, 0.4) is 0 Å². The summed E-state index contributed by atoms with van der Waals surface area (Å²) < 4.78 is 4.69. The molecule has 0 saturated heterocycles. The zero-order chi connectivity index (χ0) is 14.2. The molecule has 0 saturated carbocycles. The van der Waals surface area contributed by atoms with Crippen molar-refractivity contribution in [3.8, 4) is 0 Å². The van der Waals surface area contributed by atoms with E-state index in [1.54, 1.807) is 0 Å². The summed E-state index contributed by atoms with van der Waals surface area (Å²) in [5, 5.41) is 19.0. The van der Waals surface area contributed by atoms with Crippen molar-refractivity contribution in [3.63, 3.8) is 0 Å². The number of hydrogen-bond acceptors (Lipinski definition) is 4. The van der Waals surface area contributed by atoms with E-state index in [-0.39, 0.29) is 11.5 Å². The zero-order valence-electron chi connectivity index (χ0n) is 11.7. The number of rotatable bonds is 3. The average molecular weight is 266 g/mol. The fraction of sp³-hybridized carbons (Fsp3) is 0.667. The van der Waals surface area contributed by atoms with E-state index in [2.05, 4.69) is 18.6 Å². The molecule has 0 bridgehead atoms. The second-order valence-corrected chi connectivity index (χ2v) is 5.96. The third kappa shape index (κ3) is 2.74. The third-order valence-electron chi connectivity index (χ3n) is 4.77. The normalized spacial score (nSPS) is 38.8. The highest BCUT2D eigenvalue weighted by molar-refractivity contribution is 5.90. The number of allylic oxidation sites excluding steroid dienone is 1. The minimum atomic E-state index is -1.09. The van der Waals surface area contributed by atoms with Crippen LogP contribution < -0.4 is 0 Å². The van der Waals surface area contributed by atoms with E-state index in [1.165, 1.54) is 11.6 Å². The Labute approximate surface area is 113 Å². The minimum absolute atomic E-state index is 0.0199. The largest absolute Gasteiger partial charge is 0.429 e. The molecule has 2 rings (SSSR count). The van der Waals surface area contributed by atoms with Gasteiger partial charge in [-0.25, -0.2) is 4.79 Å². The number of carbonyl (C=O) groups excluding carboxylic acids is 1.